The summed E-state index contributed by atoms with van der Waals surface area (Å²) in [6.45, 7) is 6.62. The van der Waals surface area contributed by atoms with E-state index in [0.29, 0.717) is 37.9 Å². The van der Waals surface area contributed by atoms with E-state index < -0.39 is 11.7 Å². The molecule has 0 aromatic carbocycles. The number of hydrogen-bond donors (Lipinski definition) is 3. The molecule has 0 saturated carbocycles. The van der Waals surface area contributed by atoms with Gasteiger partial charge < -0.3 is 29.8 Å². The number of aromatic nitrogens is 4. The summed E-state index contributed by atoms with van der Waals surface area (Å²) < 4.78 is 21.5. The predicted octanol–water partition coefficient (Wildman–Crippen LogP) is 1.24. The highest BCUT2D eigenvalue weighted by atomic mass is 19.1. The van der Waals surface area contributed by atoms with Gasteiger partial charge in [0.2, 0.25) is 11.8 Å². The third-order valence-corrected chi connectivity index (χ3v) is 5.16. The molecule has 1 aliphatic heterocycles. The molecule has 0 spiro atoms. The van der Waals surface area contributed by atoms with Gasteiger partial charge in [0.05, 0.1) is 18.0 Å². The first-order chi connectivity index (χ1) is 15.5. The second-order valence-corrected chi connectivity index (χ2v) is 7.66. The van der Waals surface area contributed by atoms with Crippen molar-refractivity contribution < 1.29 is 19.0 Å². The number of anilines is 2. The number of rotatable bonds is 6. The van der Waals surface area contributed by atoms with E-state index in [4.69, 9.17) is 4.74 Å². The number of imidazole rings is 1. The maximum atomic E-state index is 14.4. The molecule has 3 aromatic rings. The Labute approximate surface area is 184 Å². The fourth-order valence-electron chi connectivity index (χ4n) is 3.65. The Kier molecular flexibility index (Phi) is 6.47. The van der Waals surface area contributed by atoms with Gasteiger partial charge in [-0.1, -0.05) is 0 Å². The average Bonchev–Trinajstić information content (AvgIpc) is 2.99. The number of aliphatic hydroxyl groups is 1. The van der Waals surface area contributed by atoms with Gasteiger partial charge in [-0.3, -0.25) is 4.79 Å². The van der Waals surface area contributed by atoms with E-state index in [0.717, 1.165) is 6.54 Å². The van der Waals surface area contributed by atoms with Gasteiger partial charge in [0.25, 0.3) is 5.91 Å². The van der Waals surface area contributed by atoms with Crippen LogP contribution in [0.4, 0.5) is 16.0 Å². The van der Waals surface area contributed by atoms with E-state index in [-0.39, 0.29) is 35.3 Å². The fourth-order valence-corrected chi connectivity index (χ4v) is 3.65. The molecule has 4 rings (SSSR count). The molecule has 1 fully saturated rings. The molecule has 4 heterocycles. The SMILES string of the molecule is CCOc1nc(N2CCNCC(CO)C2)ncc1C(=O)Nc1cc(F)c2nc(C)cn2c1. The zero-order valence-electron chi connectivity index (χ0n) is 18.0. The Morgan fingerprint density at radius 3 is 3.03 bits per heavy atom. The van der Waals surface area contributed by atoms with Gasteiger partial charge in [0, 0.05) is 63.4 Å². The van der Waals surface area contributed by atoms with Crippen LogP contribution in [0.2, 0.25) is 0 Å². The molecule has 3 aromatic heterocycles. The van der Waals surface area contributed by atoms with Crippen LogP contribution in [-0.2, 0) is 0 Å². The maximum Gasteiger partial charge on any atom is 0.262 e. The molecule has 0 radical (unpaired) electrons. The number of carbonyl (C=O) groups is 1. The highest BCUT2D eigenvalue weighted by Gasteiger charge is 2.23. The van der Waals surface area contributed by atoms with Crippen LogP contribution in [0.5, 0.6) is 5.88 Å². The monoisotopic (exact) mass is 443 g/mol. The Morgan fingerprint density at radius 2 is 2.25 bits per heavy atom. The van der Waals surface area contributed by atoms with Crippen LogP contribution in [0.3, 0.4) is 0 Å². The maximum absolute atomic E-state index is 14.4. The van der Waals surface area contributed by atoms with Crippen molar-refractivity contribution in [3.63, 3.8) is 0 Å². The highest BCUT2D eigenvalue weighted by molar-refractivity contribution is 6.05. The number of nitrogens with zero attached hydrogens (tertiary/aromatic N) is 5. The molecule has 1 amide bonds. The average molecular weight is 443 g/mol. The molecule has 32 heavy (non-hydrogen) atoms. The van der Waals surface area contributed by atoms with Gasteiger partial charge in [-0.15, -0.1) is 0 Å². The Hall–Kier alpha value is -3.31. The van der Waals surface area contributed by atoms with Crippen LogP contribution in [0, 0.1) is 18.7 Å². The van der Waals surface area contributed by atoms with Crippen molar-refractivity contribution in [2.75, 3.05) is 49.6 Å². The van der Waals surface area contributed by atoms with E-state index in [1.165, 1.54) is 16.7 Å². The summed E-state index contributed by atoms with van der Waals surface area (Å²) >= 11 is 0. The summed E-state index contributed by atoms with van der Waals surface area (Å²) in [4.78, 5) is 27.8. The number of fused-ring (bicyclic) bond motifs is 1. The van der Waals surface area contributed by atoms with E-state index >= 15 is 0 Å². The third-order valence-electron chi connectivity index (χ3n) is 5.16. The Morgan fingerprint density at radius 1 is 1.41 bits per heavy atom. The number of hydrogen-bond acceptors (Lipinski definition) is 8. The van der Waals surface area contributed by atoms with E-state index in [2.05, 4.69) is 25.6 Å². The zero-order valence-corrected chi connectivity index (χ0v) is 18.0. The van der Waals surface area contributed by atoms with Crippen LogP contribution in [0.15, 0.2) is 24.7 Å². The van der Waals surface area contributed by atoms with Crippen LogP contribution < -0.4 is 20.3 Å². The first-order valence-electron chi connectivity index (χ1n) is 10.5. The van der Waals surface area contributed by atoms with Gasteiger partial charge >= 0.3 is 0 Å². The number of aliphatic hydroxyl groups excluding tert-OH is 1. The van der Waals surface area contributed by atoms with Crippen molar-refractivity contribution in [2.45, 2.75) is 13.8 Å². The molecule has 1 unspecified atom stereocenters. The Bertz CT molecular complexity index is 1120. The highest BCUT2D eigenvalue weighted by Crippen LogP contribution is 2.22. The number of ether oxygens (including phenoxy) is 1. The number of amides is 1. The minimum atomic E-state index is -0.541. The lowest BCUT2D eigenvalue weighted by Gasteiger charge is -2.23. The lowest BCUT2D eigenvalue weighted by Crippen LogP contribution is -2.33. The molecular weight excluding hydrogens is 417 g/mol. The fraction of sp³-hybridized carbons (Fsp3) is 0.429. The molecule has 0 aliphatic carbocycles. The number of carbonyl (C=O) groups excluding carboxylic acids is 1. The van der Waals surface area contributed by atoms with Crippen molar-refractivity contribution in [3.05, 3.63) is 41.7 Å². The minimum Gasteiger partial charge on any atom is -0.477 e. The molecule has 3 N–H and O–H groups in total. The van der Waals surface area contributed by atoms with Gasteiger partial charge in [0.1, 0.15) is 5.56 Å². The largest absolute Gasteiger partial charge is 0.477 e. The first-order valence-corrected chi connectivity index (χ1v) is 10.5. The van der Waals surface area contributed by atoms with Gasteiger partial charge in [-0.2, -0.15) is 4.98 Å². The van der Waals surface area contributed by atoms with Crippen molar-refractivity contribution in [2.24, 2.45) is 5.92 Å². The Balaban J connectivity index is 1.59. The van der Waals surface area contributed by atoms with Crippen molar-refractivity contribution >= 4 is 23.2 Å². The van der Waals surface area contributed by atoms with E-state index in [9.17, 15) is 14.3 Å². The van der Waals surface area contributed by atoms with E-state index in [1.807, 2.05) is 4.90 Å². The summed E-state index contributed by atoms with van der Waals surface area (Å²) in [5.41, 5.74) is 1.27. The molecule has 1 saturated heterocycles. The molecule has 0 bridgehead atoms. The quantitative estimate of drug-likeness (QED) is 0.521. The van der Waals surface area contributed by atoms with Crippen LogP contribution >= 0.6 is 0 Å². The smallest absolute Gasteiger partial charge is 0.262 e. The third kappa shape index (κ3) is 4.63. The lowest BCUT2D eigenvalue weighted by atomic mass is 10.1. The lowest BCUT2D eigenvalue weighted by molar-refractivity contribution is 0.102. The second-order valence-electron chi connectivity index (χ2n) is 7.66. The molecule has 1 aliphatic rings. The summed E-state index contributed by atoms with van der Waals surface area (Å²) in [7, 11) is 0. The van der Waals surface area contributed by atoms with Gasteiger partial charge in [0.15, 0.2) is 11.5 Å². The van der Waals surface area contributed by atoms with Gasteiger partial charge in [-0.25, -0.2) is 14.4 Å². The topological polar surface area (TPSA) is 117 Å². The van der Waals surface area contributed by atoms with Gasteiger partial charge in [-0.05, 0) is 13.8 Å². The number of nitrogens with one attached hydrogen (secondary N) is 2. The predicted molar refractivity (Wildman–Crippen MR) is 117 cm³/mol. The summed E-state index contributed by atoms with van der Waals surface area (Å²) in [6, 6.07) is 1.22. The molecule has 10 nitrogen and oxygen atoms in total. The molecular formula is C21H26FN7O3. The molecule has 11 heteroatoms. The number of aryl methyl sites for hydroxylation is 1. The second kappa shape index (κ2) is 9.45. The molecule has 1 atom stereocenters. The summed E-state index contributed by atoms with van der Waals surface area (Å²) in [5.74, 6) is -0.431. The van der Waals surface area contributed by atoms with Crippen molar-refractivity contribution in [3.8, 4) is 5.88 Å². The summed E-state index contributed by atoms with van der Waals surface area (Å²) in [6.07, 6.45) is 4.67. The molecule has 170 valence electrons. The summed E-state index contributed by atoms with van der Waals surface area (Å²) in [5, 5.41) is 15.5. The number of pyridine rings is 1. The standard InChI is InChI=1S/C21H26FN7O3/c1-3-32-20-16(8-24-21(27-20)28-5-4-23-7-14(10-28)12-30)19(31)26-15-6-17(22)18-25-13(2)9-29(18)11-15/h6,8-9,11,14,23,30H,3-5,7,10,12H2,1-2H3,(H,26,31). The number of halogens is 1. The first kappa shape index (κ1) is 21.9. The van der Waals surface area contributed by atoms with Crippen LogP contribution in [0.1, 0.15) is 23.0 Å². The zero-order chi connectivity index (χ0) is 22.7. The van der Waals surface area contributed by atoms with Crippen molar-refractivity contribution in [1.82, 2.24) is 24.7 Å². The van der Waals surface area contributed by atoms with E-state index in [1.54, 1.807) is 26.2 Å². The minimum absolute atomic E-state index is 0.0521. The normalized spacial score (nSPS) is 16.8. The van der Waals surface area contributed by atoms with Crippen LogP contribution in [0.25, 0.3) is 5.65 Å². The van der Waals surface area contributed by atoms with Crippen molar-refractivity contribution in [1.29, 1.82) is 0 Å². The van der Waals surface area contributed by atoms with Crippen LogP contribution in [-0.4, -0.2) is 69.8 Å².